The summed E-state index contributed by atoms with van der Waals surface area (Å²) < 4.78 is 36.1. The molecule has 0 bridgehead atoms. The van der Waals surface area contributed by atoms with Gasteiger partial charge in [0.25, 0.3) is 0 Å². The molecule has 2 rings (SSSR count). The van der Waals surface area contributed by atoms with Crippen LogP contribution in [0.25, 0.3) is 0 Å². The van der Waals surface area contributed by atoms with Crippen LogP contribution in [0.5, 0.6) is 5.75 Å². The zero-order valence-corrected chi connectivity index (χ0v) is 15.4. The van der Waals surface area contributed by atoms with E-state index < -0.39 is 16.0 Å². The minimum Gasteiger partial charge on any atom is -0.495 e. The molecule has 0 N–H and O–H groups in total. The van der Waals surface area contributed by atoms with Gasteiger partial charge in [-0.2, -0.15) is 5.26 Å². The van der Waals surface area contributed by atoms with Crippen molar-refractivity contribution in [1.29, 1.82) is 5.26 Å². The minimum absolute atomic E-state index is 0.0316. The molecule has 0 aliphatic rings. The summed E-state index contributed by atoms with van der Waals surface area (Å²) in [5.41, 5.74) is 1.21. The standard InChI is InChI=1S/C18H18N2O5S/c1-20(2)26(22,23)17-10-15(7-8-16(17)24-3)18(21)25-12-14-6-4-5-13(9-14)11-19/h4-10H,12H2,1-3H3. The van der Waals surface area contributed by atoms with Crippen molar-refractivity contribution in [3.05, 3.63) is 59.2 Å². The highest BCUT2D eigenvalue weighted by Gasteiger charge is 2.24. The molecule has 0 spiro atoms. The molecular formula is C18H18N2O5S. The van der Waals surface area contributed by atoms with E-state index in [2.05, 4.69) is 0 Å². The van der Waals surface area contributed by atoms with Crippen molar-refractivity contribution in [2.24, 2.45) is 0 Å². The second-order valence-electron chi connectivity index (χ2n) is 5.54. The molecule has 0 heterocycles. The summed E-state index contributed by atoms with van der Waals surface area (Å²) in [5, 5.41) is 8.89. The summed E-state index contributed by atoms with van der Waals surface area (Å²) in [6, 6.07) is 12.7. The van der Waals surface area contributed by atoms with Crippen molar-refractivity contribution < 1.29 is 22.7 Å². The Balaban J connectivity index is 2.25. The highest BCUT2D eigenvalue weighted by Crippen LogP contribution is 2.27. The van der Waals surface area contributed by atoms with Crippen molar-refractivity contribution in [3.63, 3.8) is 0 Å². The Hall–Kier alpha value is -2.89. The third kappa shape index (κ3) is 4.20. The second kappa shape index (κ2) is 7.99. The van der Waals surface area contributed by atoms with E-state index in [1.807, 2.05) is 6.07 Å². The van der Waals surface area contributed by atoms with Gasteiger partial charge in [-0.25, -0.2) is 17.5 Å². The quantitative estimate of drug-likeness (QED) is 0.719. The lowest BCUT2D eigenvalue weighted by atomic mass is 10.1. The molecule has 2 aromatic carbocycles. The fourth-order valence-electron chi connectivity index (χ4n) is 2.16. The Morgan fingerprint density at radius 1 is 1.19 bits per heavy atom. The number of nitriles is 1. The number of carbonyl (C=O) groups excluding carboxylic acids is 1. The summed E-state index contributed by atoms with van der Waals surface area (Å²) in [7, 11) is 0.346. The third-order valence-corrected chi connectivity index (χ3v) is 5.42. The van der Waals surface area contributed by atoms with E-state index in [0.29, 0.717) is 11.1 Å². The largest absolute Gasteiger partial charge is 0.495 e. The topological polar surface area (TPSA) is 96.7 Å². The zero-order valence-electron chi connectivity index (χ0n) is 14.6. The van der Waals surface area contributed by atoms with Crippen molar-refractivity contribution in [2.45, 2.75) is 11.5 Å². The average molecular weight is 374 g/mol. The summed E-state index contributed by atoms with van der Waals surface area (Å²) in [5.74, 6) is -0.540. The first-order valence-electron chi connectivity index (χ1n) is 7.56. The van der Waals surface area contributed by atoms with Gasteiger partial charge in [-0.15, -0.1) is 0 Å². The first-order valence-corrected chi connectivity index (χ1v) is 9.00. The van der Waals surface area contributed by atoms with Gasteiger partial charge >= 0.3 is 5.97 Å². The number of nitrogens with zero attached hydrogens (tertiary/aromatic N) is 2. The van der Waals surface area contributed by atoms with E-state index in [1.165, 1.54) is 39.4 Å². The fourth-order valence-corrected chi connectivity index (χ4v) is 3.24. The summed E-state index contributed by atoms with van der Waals surface area (Å²) in [6.45, 7) is -0.0316. The molecule has 0 amide bonds. The second-order valence-corrected chi connectivity index (χ2v) is 7.66. The Kier molecular flexibility index (Phi) is 5.97. The van der Waals surface area contributed by atoms with E-state index in [9.17, 15) is 13.2 Å². The van der Waals surface area contributed by atoms with Gasteiger partial charge in [0.05, 0.1) is 24.3 Å². The van der Waals surface area contributed by atoms with Gasteiger partial charge < -0.3 is 9.47 Å². The Morgan fingerprint density at radius 2 is 1.92 bits per heavy atom. The molecule has 0 aliphatic carbocycles. The third-order valence-electron chi connectivity index (χ3n) is 3.58. The molecule has 136 valence electrons. The van der Waals surface area contributed by atoms with Crippen LogP contribution >= 0.6 is 0 Å². The number of methoxy groups -OCH3 is 1. The van der Waals surface area contributed by atoms with E-state index in [-0.39, 0.29) is 22.8 Å². The van der Waals surface area contributed by atoms with Gasteiger partial charge in [0.15, 0.2) is 0 Å². The Labute approximate surface area is 152 Å². The number of esters is 1. The number of ether oxygens (including phenoxy) is 2. The summed E-state index contributed by atoms with van der Waals surface area (Å²) >= 11 is 0. The van der Waals surface area contributed by atoms with Gasteiger partial charge in [-0.3, -0.25) is 0 Å². The van der Waals surface area contributed by atoms with Crippen LogP contribution in [0.3, 0.4) is 0 Å². The first-order chi connectivity index (χ1) is 12.3. The van der Waals surface area contributed by atoms with Gasteiger partial charge in [-0.05, 0) is 35.9 Å². The SMILES string of the molecule is COc1ccc(C(=O)OCc2cccc(C#N)c2)cc1S(=O)(=O)N(C)C. The molecule has 8 heteroatoms. The van der Waals surface area contributed by atoms with Gasteiger partial charge in [0.2, 0.25) is 10.0 Å². The highest BCUT2D eigenvalue weighted by atomic mass is 32.2. The number of carbonyl (C=O) groups is 1. The first kappa shape index (κ1) is 19.4. The van der Waals surface area contributed by atoms with E-state index >= 15 is 0 Å². The van der Waals surface area contributed by atoms with Crippen LogP contribution in [0.2, 0.25) is 0 Å². The molecule has 0 saturated heterocycles. The Bertz CT molecular complexity index is 962. The number of hydrogen-bond donors (Lipinski definition) is 0. The number of sulfonamides is 1. The fraction of sp³-hybridized carbons (Fsp3) is 0.222. The smallest absolute Gasteiger partial charge is 0.338 e. The maximum atomic E-state index is 12.4. The van der Waals surface area contributed by atoms with Crippen LogP contribution in [0.4, 0.5) is 0 Å². The number of benzene rings is 2. The number of rotatable bonds is 6. The lowest BCUT2D eigenvalue weighted by Crippen LogP contribution is -2.23. The normalized spacial score (nSPS) is 11.0. The van der Waals surface area contributed by atoms with Gasteiger partial charge in [-0.1, -0.05) is 12.1 Å². The number of hydrogen-bond acceptors (Lipinski definition) is 6. The predicted octanol–water partition coefficient (Wildman–Crippen LogP) is 2.17. The van der Waals surface area contributed by atoms with Crippen molar-refractivity contribution >= 4 is 16.0 Å². The molecule has 7 nitrogen and oxygen atoms in total. The van der Waals surface area contributed by atoms with Crippen LogP contribution in [0, 0.1) is 11.3 Å². The van der Waals surface area contributed by atoms with Crippen molar-refractivity contribution in [2.75, 3.05) is 21.2 Å². The predicted molar refractivity (Wildman–Crippen MR) is 94.1 cm³/mol. The molecule has 0 aromatic heterocycles. The molecule has 0 aliphatic heterocycles. The molecule has 0 saturated carbocycles. The molecule has 26 heavy (non-hydrogen) atoms. The summed E-state index contributed by atoms with van der Waals surface area (Å²) in [4.78, 5) is 12.2. The zero-order chi connectivity index (χ0) is 19.3. The average Bonchev–Trinajstić information content (AvgIpc) is 2.65. The monoisotopic (exact) mass is 374 g/mol. The van der Waals surface area contributed by atoms with Crippen molar-refractivity contribution in [3.8, 4) is 11.8 Å². The van der Waals surface area contributed by atoms with Crippen molar-refractivity contribution in [1.82, 2.24) is 4.31 Å². The van der Waals surface area contributed by atoms with Crippen LogP contribution in [-0.2, 0) is 21.4 Å². The van der Waals surface area contributed by atoms with E-state index in [0.717, 1.165) is 4.31 Å². The van der Waals surface area contributed by atoms with Gasteiger partial charge in [0.1, 0.15) is 17.3 Å². The Morgan fingerprint density at radius 3 is 2.54 bits per heavy atom. The molecule has 0 radical (unpaired) electrons. The molecule has 0 unspecified atom stereocenters. The van der Waals surface area contributed by atoms with Crippen LogP contribution in [-0.4, -0.2) is 39.9 Å². The molecular weight excluding hydrogens is 356 g/mol. The maximum absolute atomic E-state index is 12.4. The minimum atomic E-state index is -3.79. The molecule has 0 fully saturated rings. The lowest BCUT2D eigenvalue weighted by Gasteiger charge is -2.15. The lowest BCUT2D eigenvalue weighted by molar-refractivity contribution is 0.0472. The molecule has 0 atom stereocenters. The summed E-state index contributed by atoms with van der Waals surface area (Å²) in [6.07, 6.45) is 0. The van der Waals surface area contributed by atoms with E-state index in [4.69, 9.17) is 14.7 Å². The van der Waals surface area contributed by atoms with Crippen LogP contribution in [0.1, 0.15) is 21.5 Å². The van der Waals surface area contributed by atoms with Crippen LogP contribution in [0.15, 0.2) is 47.4 Å². The maximum Gasteiger partial charge on any atom is 0.338 e. The van der Waals surface area contributed by atoms with E-state index in [1.54, 1.807) is 24.3 Å². The van der Waals surface area contributed by atoms with Gasteiger partial charge in [0, 0.05) is 14.1 Å². The van der Waals surface area contributed by atoms with Crippen LogP contribution < -0.4 is 4.74 Å². The highest BCUT2D eigenvalue weighted by molar-refractivity contribution is 7.89. The molecule has 2 aromatic rings.